The van der Waals surface area contributed by atoms with E-state index in [1.807, 2.05) is 20.2 Å². The minimum Gasteiger partial charge on any atom is -0.395 e. The molecule has 3 rings (SSSR count). The number of aromatic nitrogens is 2. The molecule has 0 radical (unpaired) electrons. The monoisotopic (exact) mass is 369 g/mol. The van der Waals surface area contributed by atoms with E-state index in [1.54, 1.807) is 6.20 Å². The predicted molar refractivity (Wildman–Crippen MR) is 111 cm³/mol. The Morgan fingerprint density at radius 1 is 1.19 bits per heavy atom. The molecule has 2 N–H and O–H groups in total. The average molecular weight is 370 g/mol. The van der Waals surface area contributed by atoms with E-state index in [0.29, 0.717) is 12.0 Å². The SMILES string of the molecule is CN(C)c1ccc(-c2ccnc(NCCCN3CCCCC3CO)n2)cc1. The average Bonchev–Trinajstić information content (AvgIpc) is 2.72. The second-order valence-corrected chi connectivity index (χ2v) is 7.36. The molecule has 1 aromatic carbocycles. The van der Waals surface area contributed by atoms with Crippen molar-refractivity contribution < 1.29 is 5.11 Å². The molecule has 0 amide bonds. The lowest BCUT2D eigenvalue weighted by Gasteiger charge is -2.34. The van der Waals surface area contributed by atoms with Crippen LogP contribution in [0.2, 0.25) is 0 Å². The lowest BCUT2D eigenvalue weighted by atomic mass is 10.0. The van der Waals surface area contributed by atoms with E-state index < -0.39 is 0 Å². The van der Waals surface area contributed by atoms with Crippen LogP contribution in [0.25, 0.3) is 11.3 Å². The van der Waals surface area contributed by atoms with Crippen molar-refractivity contribution in [2.45, 2.75) is 31.7 Å². The van der Waals surface area contributed by atoms with Crippen LogP contribution in [0.3, 0.4) is 0 Å². The summed E-state index contributed by atoms with van der Waals surface area (Å²) >= 11 is 0. The molecule has 146 valence electrons. The van der Waals surface area contributed by atoms with Crippen molar-refractivity contribution in [3.8, 4) is 11.3 Å². The van der Waals surface area contributed by atoms with E-state index in [-0.39, 0.29) is 6.61 Å². The summed E-state index contributed by atoms with van der Waals surface area (Å²) in [6, 6.07) is 10.7. The number of aliphatic hydroxyl groups excluding tert-OH is 1. The van der Waals surface area contributed by atoms with E-state index in [0.717, 1.165) is 43.7 Å². The summed E-state index contributed by atoms with van der Waals surface area (Å²) in [4.78, 5) is 13.5. The van der Waals surface area contributed by atoms with E-state index in [9.17, 15) is 5.11 Å². The second-order valence-electron chi connectivity index (χ2n) is 7.36. The Bertz CT molecular complexity index is 704. The van der Waals surface area contributed by atoms with Gasteiger partial charge in [-0.15, -0.1) is 0 Å². The summed E-state index contributed by atoms with van der Waals surface area (Å²) in [5.41, 5.74) is 3.18. The van der Waals surface area contributed by atoms with Gasteiger partial charge in [-0.2, -0.15) is 0 Å². The summed E-state index contributed by atoms with van der Waals surface area (Å²) < 4.78 is 0. The molecule has 6 nitrogen and oxygen atoms in total. The van der Waals surface area contributed by atoms with Crippen molar-refractivity contribution in [2.75, 3.05) is 50.6 Å². The Morgan fingerprint density at radius 3 is 2.74 bits per heavy atom. The van der Waals surface area contributed by atoms with Gasteiger partial charge in [0.25, 0.3) is 0 Å². The number of piperidine rings is 1. The van der Waals surface area contributed by atoms with Crippen molar-refractivity contribution in [1.29, 1.82) is 0 Å². The summed E-state index contributed by atoms with van der Waals surface area (Å²) in [5, 5.41) is 12.8. The quantitative estimate of drug-likeness (QED) is 0.698. The van der Waals surface area contributed by atoms with Crippen LogP contribution in [0.4, 0.5) is 11.6 Å². The molecule has 1 atom stereocenters. The van der Waals surface area contributed by atoms with Gasteiger partial charge in [0.05, 0.1) is 12.3 Å². The largest absolute Gasteiger partial charge is 0.395 e. The van der Waals surface area contributed by atoms with Crippen LogP contribution in [0.5, 0.6) is 0 Å². The predicted octanol–water partition coefficient (Wildman–Crippen LogP) is 2.86. The molecule has 1 aliphatic heterocycles. The molecule has 0 spiro atoms. The highest BCUT2D eigenvalue weighted by atomic mass is 16.3. The molecule has 0 aliphatic carbocycles. The minimum absolute atomic E-state index is 0.269. The maximum Gasteiger partial charge on any atom is 0.223 e. The molecular weight excluding hydrogens is 338 g/mol. The van der Waals surface area contributed by atoms with Crippen molar-refractivity contribution in [3.63, 3.8) is 0 Å². The van der Waals surface area contributed by atoms with Crippen LogP contribution in [-0.4, -0.2) is 66.4 Å². The topological polar surface area (TPSA) is 64.5 Å². The highest BCUT2D eigenvalue weighted by Gasteiger charge is 2.20. The van der Waals surface area contributed by atoms with Gasteiger partial charge >= 0.3 is 0 Å². The summed E-state index contributed by atoms with van der Waals surface area (Å²) in [6.45, 7) is 3.20. The van der Waals surface area contributed by atoms with Crippen molar-refractivity contribution in [2.24, 2.45) is 0 Å². The standard InChI is InChI=1S/C21H31N5O/c1-25(2)18-9-7-17(8-10-18)20-11-13-23-21(24-20)22-12-5-15-26-14-4-3-6-19(26)16-27/h7-11,13,19,27H,3-6,12,14-16H2,1-2H3,(H,22,23,24). The van der Waals surface area contributed by atoms with Crippen LogP contribution in [0, 0.1) is 0 Å². The first-order valence-corrected chi connectivity index (χ1v) is 9.87. The highest BCUT2D eigenvalue weighted by molar-refractivity contribution is 5.63. The summed E-state index contributed by atoms with van der Waals surface area (Å²) in [5.74, 6) is 0.668. The molecule has 1 aromatic heterocycles. The number of rotatable bonds is 8. The van der Waals surface area contributed by atoms with Gasteiger partial charge in [-0.1, -0.05) is 18.6 Å². The Labute approximate surface area is 162 Å². The number of hydrogen-bond acceptors (Lipinski definition) is 6. The summed E-state index contributed by atoms with van der Waals surface area (Å²) in [7, 11) is 4.07. The van der Waals surface area contributed by atoms with Crippen LogP contribution in [-0.2, 0) is 0 Å². The van der Waals surface area contributed by atoms with Crippen molar-refractivity contribution in [1.82, 2.24) is 14.9 Å². The Balaban J connectivity index is 1.52. The van der Waals surface area contributed by atoms with E-state index in [2.05, 4.69) is 49.4 Å². The van der Waals surface area contributed by atoms with Gasteiger partial charge in [0.15, 0.2) is 0 Å². The van der Waals surface area contributed by atoms with Gasteiger partial charge in [0, 0.05) is 50.7 Å². The molecule has 0 saturated carbocycles. The molecule has 2 heterocycles. The van der Waals surface area contributed by atoms with Gasteiger partial charge in [0.1, 0.15) is 0 Å². The second kappa shape index (κ2) is 9.67. The fraction of sp³-hybridized carbons (Fsp3) is 0.524. The molecule has 1 unspecified atom stereocenters. The Morgan fingerprint density at radius 2 is 2.00 bits per heavy atom. The van der Waals surface area contributed by atoms with Crippen molar-refractivity contribution in [3.05, 3.63) is 36.5 Å². The molecule has 1 saturated heterocycles. The van der Waals surface area contributed by atoms with Crippen molar-refractivity contribution >= 4 is 11.6 Å². The fourth-order valence-corrected chi connectivity index (χ4v) is 3.58. The van der Waals surface area contributed by atoms with Gasteiger partial charge in [-0.05, 0) is 44.0 Å². The molecule has 2 aromatic rings. The van der Waals surface area contributed by atoms with Gasteiger partial charge in [-0.3, -0.25) is 4.90 Å². The zero-order valence-electron chi connectivity index (χ0n) is 16.4. The number of anilines is 2. The van der Waals surface area contributed by atoms with Crippen LogP contribution in [0.1, 0.15) is 25.7 Å². The number of likely N-dealkylation sites (tertiary alicyclic amines) is 1. The van der Waals surface area contributed by atoms with Gasteiger partial charge in [0.2, 0.25) is 5.95 Å². The lowest BCUT2D eigenvalue weighted by Crippen LogP contribution is -2.42. The zero-order valence-corrected chi connectivity index (χ0v) is 16.4. The number of nitrogens with zero attached hydrogens (tertiary/aromatic N) is 4. The molecule has 27 heavy (non-hydrogen) atoms. The first-order chi connectivity index (χ1) is 13.2. The third kappa shape index (κ3) is 5.40. The number of hydrogen-bond donors (Lipinski definition) is 2. The highest BCUT2D eigenvalue weighted by Crippen LogP contribution is 2.21. The third-order valence-corrected chi connectivity index (χ3v) is 5.20. The van der Waals surface area contributed by atoms with Crippen LogP contribution in [0.15, 0.2) is 36.5 Å². The molecule has 1 fully saturated rings. The van der Waals surface area contributed by atoms with Crippen LogP contribution >= 0.6 is 0 Å². The smallest absolute Gasteiger partial charge is 0.223 e. The minimum atomic E-state index is 0.269. The fourth-order valence-electron chi connectivity index (χ4n) is 3.58. The molecule has 0 bridgehead atoms. The maximum absolute atomic E-state index is 9.50. The number of benzene rings is 1. The van der Waals surface area contributed by atoms with Crippen LogP contribution < -0.4 is 10.2 Å². The first kappa shape index (κ1) is 19.6. The number of aliphatic hydroxyl groups is 1. The third-order valence-electron chi connectivity index (χ3n) is 5.20. The Kier molecular flexibility index (Phi) is 7.01. The number of nitrogens with one attached hydrogen (secondary N) is 1. The van der Waals surface area contributed by atoms with E-state index in [4.69, 9.17) is 0 Å². The molecule has 1 aliphatic rings. The molecular formula is C21H31N5O. The van der Waals surface area contributed by atoms with E-state index >= 15 is 0 Å². The van der Waals surface area contributed by atoms with E-state index in [1.165, 1.54) is 18.5 Å². The first-order valence-electron chi connectivity index (χ1n) is 9.87. The molecule has 6 heteroatoms. The maximum atomic E-state index is 9.50. The normalized spacial score (nSPS) is 17.7. The van der Waals surface area contributed by atoms with Gasteiger partial charge in [-0.25, -0.2) is 9.97 Å². The zero-order chi connectivity index (χ0) is 19.1. The van der Waals surface area contributed by atoms with Gasteiger partial charge < -0.3 is 15.3 Å². The Hall–Kier alpha value is -2.18. The lowest BCUT2D eigenvalue weighted by molar-refractivity contribution is 0.0901. The summed E-state index contributed by atoms with van der Waals surface area (Å²) in [6.07, 6.45) is 6.40.